The lowest BCUT2D eigenvalue weighted by Crippen LogP contribution is -2.13. The first-order chi connectivity index (χ1) is 7.20. The normalized spacial score (nSPS) is 12.9. The number of aldehydes is 1. The fourth-order valence-electron chi connectivity index (χ4n) is 1.13. The Morgan fingerprint density at radius 1 is 1.33 bits per heavy atom. The summed E-state index contributed by atoms with van der Waals surface area (Å²) in [6.07, 6.45) is 1.65. The molecular formula is C10H6O5. The highest BCUT2D eigenvalue weighted by atomic mass is 16.6. The Morgan fingerprint density at radius 2 is 2.13 bits per heavy atom. The molecular weight excluding hydrogens is 200 g/mol. The minimum Gasteiger partial charge on any atom is -0.475 e. The highest BCUT2D eigenvalue weighted by molar-refractivity contribution is 5.85. The molecule has 1 heterocycles. The van der Waals surface area contributed by atoms with Crippen LogP contribution in [0.4, 0.5) is 0 Å². The number of rotatable bonds is 2. The van der Waals surface area contributed by atoms with Gasteiger partial charge in [0.2, 0.25) is 5.76 Å². The van der Waals surface area contributed by atoms with E-state index in [1.165, 1.54) is 18.2 Å². The van der Waals surface area contributed by atoms with Crippen molar-refractivity contribution >= 4 is 12.3 Å². The van der Waals surface area contributed by atoms with Crippen molar-refractivity contribution in [2.45, 2.75) is 0 Å². The molecule has 0 spiro atoms. The molecule has 0 fully saturated rings. The van der Waals surface area contributed by atoms with Crippen LogP contribution >= 0.6 is 0 Å². The summed E-state index contributed by atoms with van der Waals surface area (Å²) < 4.78 is 10.0. The van der Waals surface area contributed by atoms with E-state index in [0.717, 1.165) is 6.26 Å². The van der Waals surface area contributed by atoms with Gasteiger partial charge in [0.1, 0.15) is 12.5 Å². The molecule has 5 nitrogen and oxygen atoms in total. The molecule has 0 bridgehead atoms. The van der Waals surface area contributed by atoms with Gasteiger partial charge in [-0.15, -0.1) is 0 Å². The van der Waals surface area contributed by atoms with E-state index >= 15 is 0 Å². The lowest BCUT2D eigenvalue weighted by Gasteiger charge is -2.15. The molecule has 0 atom stereocenters. The number of aliphatic carboxylic acids is 1. The molecule has 15 heavy (non-hydrogen) atoms. The number of hydrogen-bond donors (Lipinski definition) is 1. The van der Waals surface area contributed by atoms with Crippen LogP contribution in [0.25, 0.3) is 0 Å². The summed E-state index contributed by atoms with van der Waals surface area (Å²) in [6.45, 7) is 0. The fourth-order valence-corrected chi connectivity index (χ4v) is 1.13. The third-order valence-electron chi connectivity index (χ3n) is 1.83. The Hall–Kier alpha value is -2.30. The van der Waals surface area contributed by atoms with Gasteiger partial charge in [-0.1, -0.05) is 0 Å². The monoisotopic (exact) mass is 206 g/mol. The molecule has 0 amide bonds. The maximum atomic E-state index is 10.6. The van der Waals surface area contributed by atoms with E-state index in [1.54, 1.807) is 0 Å². The maximum absolute atomic E-state index is 10.6. The maximum Gasteiger partial charge on any atom is 0.375 e. The SMILES string of the molecule is O=Cc1ccc2c(c1)OC=C(C(=O)O)O2. The zero-order chi connectivity index (χ0) is 10.8. The summed E-state index contributed by atoms with van der Waals surface area (Å²) in [5.74, 6) is -0.897. The Bertz CT molecular complexity index is 461. The molecule has 0 aliphatic carbocycles. The predicted molar refractivity (Wildman–Crippen MR) is 48.8 cm³/mol. The van der Waals surface area contributed by atoms with Gasteiger partial charge in [0.25, 0.3) is 0 Å². The minimum atomic E-state index is -1.21. The van der Waals surface area contributed by atoms with Crippen molar-refractivity contribution in [1.29, 1.82) is 0 Å². The summed E-state index contributed by atoms with van der Waals surface area (Å²) in [6, 6.07) is 4.46. The van der Waals surface area contributed by atoms with Crippen molar-refractivity contribution in [2.75, 3.05) is 0 Å². The van der Waals surface area contributed by atoms with Crippen LogP contribution in [0.2, 0.25) is 0 Å². The van der Waals surface area contributed by atoms with Gasteiger partial charge in [0, 0.05) is 5.56 Å². The zero-order valence-corrected chi connectivity index (χ0v) is 7.47. The van der Waals surface area contributed by atoms with E-state index < -0.39 is 5.97 Å². The highest BCUT2D eigenvalue weighted by Gasteiger charge is 2.19. The number of carboxylic acid groups (broad SMARTS) is 1. The number of ether oxygens (including phenoxy) is 2. The molecule has 1 aliphatic heterocycles. The highest BCUT2D eigenvalue weighted by Crippen LogP contribution is 2.32. The average molecular weight is 206 g/mol. The van der Waals surface area contributed by atoms with Gasteiger partial charge in [0.15, 0.2) is 11.5 Å². The fraction of sp³-hybridized carbons (Fsp3) is 0. The first-order valence-corrected chi connectivity index (χ1v) is 4.08. The Morgan fingerprint density at radius 3 is 2.80 bits per heavy atom. The van der Waals surface area contributed by atoms with Gasteiger partial charge in [-0.3, -0.25) is 4.79 Å². The van der Waals surface area contributed by atoms with Crippen molar-refractivity contribution in [1.82, 2.24) is 0 Å². The Kier molecular flexibility index (Phi) is 2.13. The lowest BCUT2D eigenvalue weighted by molar-refractivity contribution is -0.135. The first-order valence-electron chi connectivity index (χ1n) is 4.08. The molecule has 0 saturated heterocycles. The zero-order valence-electron chi connectivity index (χ0n) is 7.47. The van der Waals surface area contributed by atoms with Crippen LogP contribution in [0.15, 0.2) is 30.2 Å². The average Bonchev–Trinajstić information content (AvgIpc) is 2.27. The van der Waals surface area contributed by atoms with Crippen LogP contribution in [-0.2, 0) is 4.79 Å². The second-order valence-corrected chi connectivity index (χ2v) is 2.83. The standard InChI is InChI=1S/C10H6O5/c11-4-6-1-2-7-8(3-6)14-5-9(15-7)10(12)13/h1-5H,(H,12,13). The van der Waals surface area contributed by atoms with Crippen molar-refractivity contribution < 1.29 is 24.2 Å². The summed E-state index contributed by atoms with van der Waals surface area (Å²) in [5, 5.41) is 8.64. The molecule has 1 aliphatic rings. The van der Waals surface area contributed by atoms with Crippen LogP contribution in [0.5, 0.6) is 11.5 Å². The van der Waals surface area contributed by atoms with Gasteiger partial charge in [0.05, 0.1) is 0 Å². The van der Waals surface area contributed by atoms with E-state index in [4.69, 9.17) is 14.6 Å². The van der Waals surface area contributed by atoms with Gasteiger partial charge in [-0.05, 0) is 18.2 Å². The van der Waals surface area contributed by atoms with Crippen LogP contribution in [0, 0.1) is 0 Å². The third kappa shape index (κ3) is 1.67. The minimum absolute atomic E-state index is 0.278. The van der Waals surface area contributed by atoms with Crippen LogP contribution in [-0.4, -0.2) is 17.4 Å². The molecule has 0 aromatic heterocycles. The summed E-state index contributed by atoms with van der Waals surface area (Å²) >= 11 is 0. The molecule has 1 N–H and O–H groups in total. The first kappa shape index (κ1) is 9.26. The molecule has 2 rings (SSSR count). The number of carboxylic acids is 1. The smallest absolute Gasteiger partial charge is 0.375 e. The number of carbonyl (C=O) groups excluding carboxylic acids is 1. The van der Waals surface area contributed by atoms with Crippen LogP contribution < -0.4 is 9.47 Å². The van der Waals surface area contributed by atoms with Crippen molar-refractivity contribution in [3.63, 3.8) is 0 Å². The predicted octanol–water partition coefficient (Wildman–Crippen LogP) is 1.20. The van der Waals surface area contributed by atoms with Crippen molar-refractivity contribution in [2.24, 2.45) is 0 Å². The van der Waals surface area contributed by atoms with Gasteiger partial charge in [-0.25, -0.2) is 4.79 Å². The second-order valence-electron chi connectivity index (χ2n) is 2.83. The molecule has 76 valence electrons. The summed E-state index contributed by atoms with van der Waals surface area (Å²) in [7, 11) is 0. The largest absolute Gasteiger partial charge is 0.475 e. The van der Waals surface area contributed by atoms with E-state index in [0.29, 0.717) is 17.6 Å². The topological polar surface area (TPSA) is 72.8 Å². The number of benzene rings is 1. The van der Waals surface area contributed by atoms with Crippen molar-refractivity contribution in [3.05, 3.63) is 35.8 Å². The molecule has 0 radical (unpaired) electrons. The van der Waals surface area contributed by atoms with E-state index in [9.17, 15) is 9.59 Å². The molecule has 1 aromatic carbocycles. The molecule has 0 saturated carbocycles. The number of fused-ring (bicyclic) bond motifs is 1. The molecule has 5 heteroatoms. The molecule has 1 aromatic rings. The van der Waals surface area contributed by atoms with Gasteiger partial charge < -0.3 is 14.6 Å². The Labute approximate surface area is 84.5 Å². The number of carbonyl (C=O) groups is 2. The third-order valence-corrected chi connectivity index (χ3v) is 1.83. The van der Waals surface area contributed by atoms with Crippen LogP contribution in [0.1, 0.15) is 10.4 Å². The van der Waals surface area contributed by atoms with Crippen molar-refractivity contribution in [3.8, 4) is 11.5 Å². The van der Waals surface area contributed by atoms with E-state index in [2.05, 4.69) is 0 Å². The quantitative estimate of drug-likeness (QED) is 0.736. The van der Waals surface area contributed by atoms with Crippen LogP contribution in [0.3, 0.4) is 0 Å². The Balaban J connectivity index is 2.34. The second kappa shape index (κ2) is 3.45. The summed E-state index contributed by atoms with van der Waals surface area (Å²) in [5.41, 5.74) is 0.435. The van der Waals surface area contributed by atoms with Gasteiger partial charge in [-0.2, -0.15) is 0 Å². The lowest BCUT2D eigenvalue weighted by atomic mass is 10.2. The molecule has 0 unspecified atom stereocenters. The van der Waals surface area contributed by atoms with E-state index in [-0.39, 0.29) is 11.5 Å². The number of hydrogen-bond acceptors (Lipinski definition) is 4. The van der Waals surface area contributed by atoms with Gasteiger partial charge >= 0.3 is 5.97 Å². The van der Waals surface area contributed by atoms with E-state index in [1.807, 2.05) is 0 Å². The summed E-state index contributed by atoms with van der Waals surface area (Å²) in [4.78, 5) is 21.0.